The Morgan fingerprint density at radius 2 is 1.93 bits per heavy atom. The molecule has 3 heterocycles. The van der Waals surface area contributed by atoms with E-state index in [2.05, 4.69) is 15.5 Å². The molecule has 2 aliphatic heterocycles. The number of nitrogens with one attached hydrogen (secondary N) is 1. The van der Waals surface area contributed by atoms with Crippen LogP contribution >= 0.6 is 0 Å². The Morgan fingerprint density at radius 1 is 1.10 bits per heavy atom. The molecule has 3 aromatic rings. The fourth-order valence-corrected chi connectivity index (χ4v) is 3.88. The quantitative estimate of drug-likeness (QED) is 0.710. The van der Waals surface area contributed by atoms with E-state index in [-0.39, 0.29) is 12.1 Å². The summed E-state index contributed by atoms with van der Waals surface area (Å²) >= 11 is 0. The van der Waals surface area contributed by atoms with Crippen molar-refractivity contribution in [3.63, 3.8) is 0 Å². The van der Waals surface area contributed by atoms with Crippen molar-refractivity contribution in [1.82, 2.24) is 15.0 Å². The van der Waals surface area contributed by atoms with Gasteiger partial charge in [-0.15, -0.1) is 0 Å². The number of likely N-dealkylation sites (tertiary alicyclic amines) is 1. The molecule has 0 bridgehead atoms. The highest BCUT2D eigenvalue weighted by molar-refractivity contribution is 5.90. The maximum absolute atomic E-state index is 12.9. The molecule has 0 saturated carbocycles. The molecule has 0 radical (unpaired) electrons. The van der Waals surface area contributed by atoms with Gasteiger partial charge in [0.15, 0.2) is 17.3 Å². The molecular weight excluding hydrogens is 384 g/mol. The second kappa shape index (κ2) is 8.06. The van der Waals surface area contributed by atoms with Crippen molar-refractivity contribution in [2.24, 2.45) is 0 Å². The Morgan fingerprint density at radius 3 is 2.80 bits per heavy atom. The number of hydrogen-bond donors (Lipinski definition) is 1. The number of rotatable bonds is 4. The molecule has 5 rings (SSSR count). The van der Waals surface area contributed by atoms with Gasteiger partial charge in [-0.2, -0.15) is 4.98 Å². The molecule has 1 unspecified atom stereocenters. The SMILES string of the molecule is O=C(Nc1ccc2c(c1)OCCO2)N1CCCC1Cc1noc(-c2ccccc2)n1. The zero-order valence-electron chi connectivity index (χ0n) is 16.4. The third-order valence-corrected chi connectivity index (χ3v) is 5.34. The first kappa shape index (κ1) is 18.5. The monoisotopic (exact) mass is 406 g/mol. The molecule has 2 aliphatic rings. The predicted molar refractivity (Wildman–Crippen MR) is 110 cm³/mol. The summed E-state index contributed by atoms with van der Waals surface area (Å²) in [5.74, 6) is 2.45. The molecule has 30 heavy (non-hydrogen) atoms. The fourth-order valence-electron chi connectivity index (χ4n) is 3.88. The first-order valence-corrected chi connectivity index (χ1v) is 10.1. The van der Waals surface area contributed by atoms with E-state index >= 15 is 0 Å². The standard InChI is InChI=1S/C22H22N4O4/c27-22(23-16-8-9-18-19(13-16)29-12-11-28-18)26-10-4-7-17(26)14-20-24-21(30-25-20)15-5-2-1-3-6-15/h1-3,5-6,8-9,13,17H,4,7,10-12,14H2,(H,23,27). The van der Waals surface area contributed by atoms with Crippen LogP contribution < -0.4 is 14.8 Å². The maximum atomic E-state index is 12.9. The molecule has 0 aliphatic carbocycles. The zero-order valence-corrected chi connectivity index (χ0v) is 16.4. The van der Waals surface area contributed by atoms with E-state index in [1.165, 1.54) is 0 Å². The van der Waals surface area contributed by atoms with Crippen LogP contribution in [0.2, 0.25) is 0 Å². The van der Waals surface area contributed by atoms with Gasteiger partial charge in [0.05, 0.1) is 0 Å². The Balaban J connectivity index is 1.25. The van der Waals surface area contributed by atoms with Crippen molar-refractivity contribution in [3.8, 4) is 23.0 Å². The van der Waals surface area contributed by atoms with Gasteiger partial charge in [0.25, 0.3) is 5.89 Å². The summed E-state index contributed by atoms with van der Waals surface area (Å²) in [6.07, 6.45) is 2.41. The summed E-state index contributed by atoms with van der Waals surface area (Å²) < 4.78 is 16.5. The maximum Gasteiger partial charge on any atom is 0.322 e. The summed E-state index contributed by atoms with van der Waals surface area (Å²) in [5, 5.41) is 7.08. The largest absolute Gasteiger partial charge is 0.486 e. The number of anilines is 1. The number of ether oxygens (including phenoxy) is 2. The second-order valence-electron chi connectivity index (χ2n) is 7.36. The molecule has 1 N–H and O–H groups in total. The minimum absolute atomic E-state index is 0.0310. The molecule has 2 aromatic carbocycles. The smallest absolute Gasteiger partial charge is 0.322 e. The number of carbonyl (C=O) groups excluding carboxylic acids is 1. The molecule has 8 heteroatoms. The third kappa shape index (κ3) is 3.80. The molecule has 154 valence electrons. The lowest BCUT2D eigenvalue weighted by Gasteiger charge is -2.24. The van der Waals surface area contributed by atoms with Crippen molar-refractivity contribution >= 4 is 11.7 Å². The molecule has 1 atom stereocenters. The molecule has 1 saturated heterocycles. The average molecular weight is 406 g/mol. The van der Waals surface area contributed by atoms with E-state index < -0.39 is 0 Å². The first-order valence-electron chi connectivity index (χ1n) is 10.1. The molecule has 0 spiro atoms. The molecule has 8 nitrogen and oxygen atoms in total. The number of aromatic nitrogens is 2. The summed E-state index contributed by atoms with van der Waals surface area (Å²) in [4.78, 5) is 19.2. The first-order chi connectivity index (χ1) is 14.8. The normalized spacial score (nSPS) is 17.7. The average Bonchev–Trinajstić information content (AvgIpc) is 3.44. The third-order valence-electron chi connectivity index (χ3n) is 5.34. The van der Waals surface area contributed by atoms with Gasteiger partial charge < -0.3 is 24.2 Å². The summed E-state index contributed by atoms with van der Waals surface area (Å²) in [6, 6.07) is 15.0. The lowest BCUT2D eigenvalue weighted by atomic mass is 10.1. The minimum Gasteiger partial charge on any atom is -0.486 e. The van der Waals surface area contributed by atoms with Crippen molar-refractivity contribution in [1.29, 1.82) is 0 Å². The van der Waals surface area contributed by atoms with E-state index in [4.69, 9.17) is 14.0 Å². The fraction of sp³-hybridized carbons (Fsp3) is 0.318. The highest BCUT2D eigenvalue weighted by Crippen LogP contribution is 2.33. The van der Waals surface area contributed by atoms with Crippen LogP contribution in [-0.4, -0.2) is 46.9 Å². The lowest BCUT2D eigenvalue weighted by Crippen LogP contribution is -2.40. The summed E-state index contributed by atoms with van der Waals surface area (Å²) in [5.41, 5.74) is 1.57. The van der Waals surface area contributed by atoms with Gasteiger partial charge in [-0.3, -0.25) is 0 Å². The number of nitrogens with zero attached hydrogens (tertiary/aromatic N) is 3. The van der Waals surface area contributed by atoms with Crippen LogP contribution in [0.1, 0.15) is 18.7 Å². The van der Waals surface area contributed by atoms with Crippen LogP contribution in [-0.2, 0) is 6.42 Å². The van der Waals surface area contributed by atoms with Gasteiger partial charge in [0.1, 0.15) is 13.2 Å². The minimum atomic E-state index is -0.138. The van der Waals surface area contributed by atoms with Gasteiger partial charge in [-0.25, -0.2) is 4.79 Å². The van der Waals surface area contributed by atoms with E-state index in [0.29, 0.717) is 55.1 Å². The molecule has 1 aromatic heterocycles. The van der Waals surface area contributed by atoms with Crippen LogP contribution in [0.5, 0.6) is 11.5 Å². The Kier molecular flexibility index (Phi) is 4.96. The molecule has 1 fully saturated rings. The van der Waals surface area contributed by atoms with E-state index in [0.717, 1.165) is 18.4 Å². The van der Waals surface area contributed by atoms with Crippen molar-refractivity contribution in [3.05, 3.63) is 54.4 Å². The summed E-state index contributed by atoms with van der Waals surface area (Å²) in [7, 11) is 0. The van der Waals surface area contributed by atoms with Crippen LogP contribution in [0.15, 0.2) is 53.1 Å². The number of hydrogen-bond acceptors (Lipinski definition) is 6. The van der Waals surface area contributed by atoms with Crippen molar-refractivity contribution in [2.75, 3.05) is 25.1 Å². The topological polar surface area (TPSA) is 89.7 Å². The molecule has 2 amide bonds. The van der Waals surface area contributed by atoms with Crippen molar-refractivity contribution in [2.45, 2.75) is 25.3 Å². The summed E-state index contributed by atoms with van der Waals surface area (Å²) in [6.45, 7) is 1.74. The number of carbonyl (C=O) groups is 1. The van der Waals surface area contributed by atoms with Gasteiger partial charge >= 0.3 is 6.03 Å². The van der Waals surface area contributed by atoms with Crippen LogP contribution in [0.3, 0.4) is 0 Å². The molecular formula is C22H22N4O4. The van der Waals surface area contributed by atoms with Crippen molar-refractivity contribution < 1.29 is 18.8 Å². The highest BCUT2D eigenvalue weighted by Gasteiger charge is 2.30. The number of amides is 2. The Bertz CT molecular complexity index is 1040. The van der Waals surface area contributed by atoms with E-state index in [1.807, 2.05) is 47.4 Å². The second-order valence-corrected chi connectivity index (χ2v) is 7.36. The van der Waals surface area contributed by atoms with E-state index in [1.54, 1.807) is 6.07 Å². The van der Waals surface area contributed by atoms with E-state index in [9.17, 15) is 4.79 Å². The number of fused-ring (bicyclic) bond motifs is 1. The number of benzene rings is 2. The van der Waals surface area contributed by atoms with Gasteiger partial charge in [0.2, 0.25) is 0 Å². The predicted octanol–water partition coefficient (Wildman–Crippen LogP) is 3.75. The van der Waals surface area contributed by atoms with Crippen LogP contribution in [0, 0.1) is 0 Å². The zero-order chi connectivity index (χ0) is 20.3. The van der Waals surface area contributed by atoms with Crippen LogP contribution in [0.25, 0.3) is 11.5 Å². The Hall–Kier alpha value is -3.55. The van der Waals surface area contributed by atoms with Crippen LogP contribution in [0.4, 0.5) is 10.5 Å². The Labute approximate surface area is 173 Å². The van der Waals surface area contributed by atoms with Gasteiger partial charge in [0, 0.05) is 36.3 Å². The lowest BCUT2D eigenvalue weighted by molar-refractivity contribution is 0.171. The van der Waals surface area contributed by atoms with Gasteiger partial charge in [-0.1, -0.05) is 23.4 Å². The van der Waals surface area contributed by atoms with Gasteiger partial charge in [-0.05, 0) is 37.1 Å². The highest BCUT2D eigenvalue weighted by atomic mass is 16.6. The number of urea groups is 1.